The predicted octanol–water partition coefficient (Wildman–Crippen LogP) is 3.17. The lowest BCUT2D eigenvalue weighted by atomic mass is 10.2. The Kier molecular flexibility index (Phi) is 4.52. The van der Waals surface area contributed by atoms with Gasteiger partial charge in [-0.1, -0.05) is 34.6 Å². The number of rotatable bonds is 6. The fraction of sp³-hybridized carbons (Fsp3) is 0.158. The van der Waals surface area contributed by atoms with E-state index in [1.807, 2.05) is 36.4 Å². The van der Waals surface area contributed by atoms with Crippen LogP contribution in [0.1, 0.15) is 11.6 Å². The number of hydrogen-bond donors (Lipinski definition) is 0. The highest BCUT2D eigenvalue weighted by atomic mass is 16.6. The second-order valence-electron chi connectivity index (χ2n) is 5.67. The van der Waals surface area contributed by atoms with Crippen molar-refractivity contribution in [2.24, 2.45) is 0 Å². The zero-order valence-corrected chi connectivity index (χ0v) is 14.4. The van der Waals surface area contributed by atoms with Crippen molar-refractivity contribution in [2.45, 2.75) is 13.0 Å². The van der Waals surface area contributed by atoms with Crippen LogP contribution in [0.25, 0.3) is 22.4 Å². The Hall–Kier alpha value is -3.68. The maximum Gasteiger partial charge on any atom is 0.312 e. The van der Waals surface area contributed by atoms with Crippen molar-refractivity contribution >= 4 is 16.9 Å². The minimum Gasteiger partial charge on any atom is -0.496 e. The SMILES string of the molecule is COc1ccccc1-c1noc(COC(=O)Cc2noc3ccccc23)n1. The maximum absolute atomic E-state index is 12.1. The van der Waals surface area contributed by atoms with E-state index in [4.69, 9.17) is 18.5 Å². The van der Waals surface area contributed by atoms with E-state index in [-0.39, 0.29) is 18.9 Å². The van der Waals surface area contributed by atoms with Gasteiger partial charge in [-0.05, 0) is 24.3 Å². The third-order valence-corrected chi connectivity index (χ3v) is 3.94. The molecule has 0 aliphatic rings. The van der Waals surface area contributed by atoms with E-state index in [0.29, 0.717) is 28.4 Å². The molecule has 0 radical (unpaired) electrons. The third kappa shape index (κ3) is 3.50. The fourth-order valence-corrected chi connectivity index (χ4v) is 2.65. The van der Waals surface area contributed by atoms with Gasteiger partial charge in [-0.2, -0.15) is 4.98 Å². The van der Waals surface area contributed by atoms with Crippen molar-refractivity contribution < 1.29 is 23.3 Å². The second-order valence-corrected chi connectivity index (χ2v) is 5.67. The number of ether oxygens (including phenoxy) is 2. The van der Waals surface area contributed by atoms with Gasteiger partial charge in [0, 0.05) is 5.39 Å². The number of methoxy groups -OCH3 is 1. The number of benzene rings is 2. The highest BCUT2D eigenvalue weighted by Crippen LogP contribution is 2.27. The summed E-state index contributed by atoms with van der Waals surface area (Å²) in [5.41, 5.74) is 1.84. The number of para-hydroxylation sites is 2. The molecule has 0 unspecified atom stereocenters. The number of carbonyl (C=O) groups excluding carboxylic acids is 1. The summed E-state index contributed by atoms with van der Waals surface area (Å²) in [7, 11) is 1.56. The number of esters is 1. The minimum atomic E-state index is -0.467. The van der Waals surface area contributed by atoms with Crippen LogP contribution in [0.3, 0.4) is 0 Å². The van der Waals surface area contributed by atoms with Crippen LogP contribution >= 0.6 is 0 Å². The van der Waals surface area contributed by atoms with Crippen molar-refractivity contribution in [3.05, 3.63) is 60.1 Å². The van der Waals surface area contributed by atoms with Gasteiger partial charge in [0.1, 0.15) is 11.4 Å². The molecule has 0 aliphatic carbocycles. The zero-order chi connectivity index (χ0) is 18.6. The Morgan fingerprint density at radius 3 is 2.74 bits per heavy atom. The fourth-order valence-electron chi connectivity index (χ4n) is 2.65. The Bertz CT molecular complexity index is 1090. The monoisotopic (exact) mass is 365 g/mol. The normalized spacial score (nSPS) is 10.9. The van der Waals surface area contributed by atoms with E-state index in [0.717, 1.165) is 5.39 Å². The molecule has 2 aromatic carbocycles. The first kappa shape index (κ1) is 16.8. The first-order valence-electron chi connectivity index (χ1n) is 8.19. The molecule has 8 nitrogen and oxygen atoms in total. The van der Waals surface area contributed by atoms with Crippen LogP contribution in [0.4, 0.5) is 0 Å². The van der Waals surface area contributed by atoms with Crippen LogP contribution in [0.15, 0.2) is 57.6 Å². The molecule has 0 saturated heterocycles. The largest absolute Gasteiger partial charge is 0.496 e. The molecule has 0 atom stereocenters. The molecular formula is C19H15N3O5. The average Bonchev–Trinajstić information content (AvgIpc) is 3.34. The van der Waals surface area contributed by atoms with Gasteiger partial charge in [0.25, 0.3) is 5.89 Å². The lowest BCUT2D eigenvalue weighted by molar-refractivity contribution is -0.145. The summed E-state index contributed by atoms with van der Waals surface area (Å²) in [6.07, 6.45) is -0.00941. The molecule has 0 fully saturated rings. The van der Waals surface area contributed by atoms with Gasteiger partial charge < -0.3 is 18.5 Å². The standard InChI is InChI=1S/C19H15N3O5/c1-24-15-8-4-3-7-13(15)19-20-17(27-22-19)11-25-18(23)10-14-12-6-2-5-9-16(12)26-21-14/h2-9H,10-11H2,1H3. The summed E-state index contributed by atoms with van der Waals surface area (Å²) in [4.78, 5) is 16.3. The van der Waals surface area contributed by atoms with E-state index in [2.05, 4.69) is 15.3 Å². The highest BCUT2D eigenvalue weighted by Gasteiger charge is 2.16. The molecule has 4 rings (SSSR count). The summed E-state index contributed by atoms with van der Waals surface area (Å²) in [6, 6.07) is 14.6. The Balaban J connectivity index is 1.40. The first-order chi connectivity index (χ1) is 13.2. The van der Waals surface area contributed by atoms with Crippen molar-refractivity contribution in [3.8, 4) is 17.1 Å². The van der Waals surface area contributed by atoms with Gasteiger partial charge in [0.05, 0.1) is 19.1 Å². The van der Waals surface area contributed by atoms with Gasteiger partial charge in [-0.15, -0.1) is 0 Å². The minimum absolute atomic E-state index is 0.00941. The molecule has 0 amide bonds. The second kappa shape index (κ2) is 7.28. The van der Waals surface area contributed by atoms with Gasteiger partial charge in [-0.3, -0.25) is 4.79 Å². The topological polar surface area (TPSA) is 100 Å². The summed E-state index contributed by atoms with van der Waals surface area (Å²) >= 11 is 0. The molecule has 27 heavy (non-hydrogen) atoms. The van der Waals surface area contributed by atoms with Crippen LogP contribution in [0.2, 0.25) is 0 Å². The maximum atomic E-state index is 12.1. The summed E-state index contributed by atoms with van der Waals surface area (Å²) < 4.78 is 20.8. The van der Waals surface area contributed by atoms with Crippen molar-refractivity contribution in [1.82, 2.24) is 15.3 Å². The number of carbonyl (C=O) groups is 1. The quantitative estimate of drug-likeness (QED) is 0.480. The molecule has 0 aliphatic heterocycles. The Morgan fingerprint density at radius 2 is 1.85 bits per heavy atom. The summed E-state index contributed by atoms with van der Waals surface area (Å²) in [6.45, 7) is -0.128. The average molecular weight is 365 g/mol. The van der Waals surface area contributed by atoms with Crippen LogP contribution < -0.4 is 4.74 Å². The van der Waals surface area contributed by atoms with E-state index in [1.54, 1.807) is 19.2 Å². The molecule has 2 aromatic heterocycles. The zero-order valence-electron chi connectivity index (χ0n) is 14.4. The molecule has 0 saturated carbocycles. The number of fused-ring (bicyclic) bond motifs is 1. The Morgan fingerprint density at radius 1 is 1.04 bits per heavy atom. The van der Waals surface area contributed by atoms with E-state index in [9.17, 15) is 4.79 Å². The number of nitrogens with zero attached hydrogens (tertiary/aromatic N) is 3. The smallest absolute Gasteiger partial charge is 0.312 e. The van der Waals surface area contributed by atoms with Gasteiger partial charge in [0.15, 0.2) is 12.2 Å². The highest BCUT2D eigenvalue weighted by molar-refractivity contribution is 5.84. The number of aromatic nitrogens is 3. The predicted molar refractivity (Wildman–Crippen MR) is 93.8 cm³/mol. The van der Waals surface area contributed by atoms with Crippen LogP contribution in [-0.2, 0) is 22.6 Å². The third-order valence-electron chi connectivity index (χ3n) is 3.94. The van der Waals surface area contributed by atoms with Crippen LogP contribution in [0.5, 0.6) is 5.75 Å². The molecule has 0 bridgehead atoms. The van der Waals surface area contributed by atoms with Crippen molar-refractivity contribution in [3.63, 3.8) is 0 Å². The van der Waals surface area contributed by atoms with Crippen LogP contribution in [-0.4, -0.2) is 28.4 Å². The molecule has 8 heteroatoms. The lowest BCUT2D eigenvalue weighted by Gasteiger charge is -2.03. The van der Waals surface area contributed by atoms with Crippen LogP contribution in [0, 0.1) is 0 Å². The van der Waals surface area contributed by atoms with Gasteiger partial charge >= 0.3 is 5.97 Å². The van der Waals surface area contributed by atoms with Crippen molar-refractivity contribution in [2.75, 3.05) is 7.11 Å². The molecule has 2 heterocycles. The summed E-state index contributed by atoms with van der Waals surface area (Å²) in [5, 5.41) is 8.60. The molecule has 4 aromatic rings. The van der Waals surface area contributed by atoms with E-state index < -0.39 is 5.97 Å². The Labute approximate surface area is 153 Å². The van der Waals surface area contributed by atoms with Gasteiger partial charge in [0.2, 0.25) is 5.82 Å². The lowest BCUT2D eigenvalue weighted by Crippen LogP contribution is -2.08. The molecule has 136 valence electrons. The molecule has 0 spiro atoms. The molecule has 0 N–H and O–H groups in total. The van der Waals surface area contributed by atoms with E-state index >= 15 is 0 Å². The first-order valence-corrected chi connectivity index (χ1v) is 8.19. The molecular weight excluding hydrogens is 350 g/mol. The van der Waals surface area contributed by atoms with Crippen molar-refractivity contribution in [1.29, 1.82) is 0 Å². The summed E-state index contributed by atoms with van der Waals surface area (Å²) in [5.74, 6) is 0.709. The number of hydrogen-bond acceptors (Lipinski definition) is 8. The van der Waals surface area contributed by atoms with Gasteiger partial charge in [-0.25, -0.2) is 0 Å². The van der Waals surface area contributed by atoms with E-state index in [1.165, 1.54) is 0 Å².